The Balaban J connectivity index is 0.000000264. The van der Waals surface area contributed by atoms with E-state index in [4.69, 9.17) is 8.23 Å². The van der Waals surface area contributed by atoms with Crippen LogP contribution in [0.2, 0.25) is 0 Å². The van der Waals surface area contributed by atoms with Gasteiger partial charge in [-0.05, 0) is 163 Å². The van der Waals surface area contributed by atoms with E-state index in [9.17, 15) is 5.11 Å². The van der Waals surface area contributed by atoms with Crippen LogP contribution in [0, 0.1) is 27.7 Å². The zero-order valence-electron chi connectivity index (χ0n) is 46.7. The van der Waals surface area contributed by atoms with Crippen molar-refractivity contribution in [1.29, 1.82) is 0 Å². The quantitative estimate of drug-likeness (QED) is 0.0574. The van der Waals surface area contributed by atoms with Crippen LogP contribution in [0.1, 0.15) is 135 Å². The molecule has 0 saturated carbocycles. The van der Waals surface area contributed by atoms with Gasteiger partial charge in [-0.25, -0.2) is 0 Å². The number of aryl methyl sites for hydroxylation is 5. The molecule has 0 unspecified atom stereocenters. The van der Waals surface area contributed by atoms with Crippen LogP contribution in [0.3, 0.4) is 0 Å². The van der Waals surface area contributed by atoms with Crippen molar-refractivity contribution in [2.45, 2.75) is 145 Å². The van der Waals surface area contributed by atoms with Crippen molar-refractivity contribution in [3.63, 3.8) is 0 Å². The number of allylic oxidation sites excluding steroid dienone is 3. The van der Waals surface area contributed by atoms with Crippen LogP contribution in [-0.2, 0) is 66.6 Å². The summed E-state index contributed by atoms with van der Waals surface area (Å²) in [5, 5.41) is 11.0. The fourth-order valence-corrected chi connectivity index (χ4v) is 11.6. The minimum atomic E-state index is -0.473. The molecule has 0 amide bonds. The summed E-state index contributed by atoms with van der Waals surface area (Å²) in [4.78, 5) is 4.11. The van der Waals surface area contributed by atoms with Gasteiger partial charge in [0, 0.05) is 10.0 Å². The zero-order chi connectivity index (χ0) is 55.1. The molecule has 0 bridgehead atoms. The molecule has 0 radical (unpaired) electrons. The fraction of sp³-hybridized carbons (Fsp3) is 0.329. The SMILES string of the molecule is C.C=CC.C=CCc1ccccc1.CCCCO/C=C\Cc1ccccc1.Cc1c(Br)cc2c(c1-c1c(O)c(Br)cc3c1CCCC3)CCCC2.Cc1ccc(C)[n-]1.Cc1ccccc1[N]=[Mo]=[CH]C(C)(C)c1ccccc1. The number of ether oxygens (including phenoxy) is 1. The van der Waals surface area contributed by atoms with E-state index in [1.165, 1.54) is 92.2 Å². The number of fused-ring (bicyclic) bond motifs is 2. The minimum absolute atomic E-state index is 0. The molecule has 9 rings (SSSR count). The molecular formula is C70H87Br2MoN2O2-. The van der Waals surface area contributed by atoms with Crippen LogP contribution >= 0.6 is 31.9 Å². The van der Waals surface area contributed by atoms with Crippen LogP contribution in [-0.4, -0.2) is 16.1 Å². The molecule has 1 aromatic heterocycles. The molecule has 1 N–H and O–H groups in total. The van der Waals surface area contributed by atoms with E-state index in [1.54, 1.807) is 6.08 Å². The molecule has 2 aliphatic rings. The number of aromatic hydroxyl groups is 1. The number of nitrogens with zero attached hydrogens (tertiary/aromatic N) is 2. The average Bonchev–Trinajstić information content (AvgIpc) is 3.82. The summed E-state index contributed by atoms with van der Waals surface area (Å²) in [6, 6.07) is 48.1. The second-order valence-electron chi connectivity index (χ2n) is 19.7. The van der Waals surface area contributed by atoms with E-state index >= 15 is 0 Å². The van der Waals surface area contributed by atoms with Crippen molar-refractivity contribution in [1.82, 2.24) is 4.98 Å². The van der Waals surface area contributed by atoms with Crippen molar-refractivity contribution in [2.75, 3.05) is 6.61 Å². The third-order valence-corrected chi connectivity index (χ3v) is 16.8. The van der Waals surface area contributed by atoms with E-state index in [-0.39, 0.29) is 12.8 Å². The first-order valence-electron chi connectivity index (χ1n) is 27.0. The predicted octanol–water partition coefficient (Wildman–Crippen LogP) is 20.4. The van der Waals surface area contributed by atoms with Crippen molar-refractivity contribution in [2.24, 2.45) is 3.50 Å². The van der Waals surface area contributed by atoms with Crippen molar-refractivity contribution in [3.05, 3.63) is 248 Å². The van der Waals surface area contributed by atoms with Crippen LogP contribution in [0.5, 0.6) is 5.75 Å². The van der Waals surface area contributed by atoms with E-state index in [0.29, 0.717) is 5.75 Å². The van der Waals surface area contributed by atoms with Crippen LogP contribution in [0.25, 0.3) is 11.1 Å². The zero-order valence-corrected chi connectivity index (χ0v) is 51.9. The number of unbranched alkanes of at least 4 members (excludes halogenated alkanes) is 1. The Morgan fingerprint density at radius 2 is 1.17 bits per heavy atom. The topological polar surface area (TPSA) is 55.9 Å². The molecule has 77 heavy (non-hydrogen) atoms. The van der Waals surface area contributed by atoms with Gasteiger partial charge in [0.1, 0.15) is 5.75 Å². The van der Waals surface area contributed by atoms with Gasteiger partial charge in [-0.15, -0.1) is 13.2 Å². The van der Waals surface area contributed by atoms with Gasteiger partial charge in [0.2, 0.25) is 0 Å². The molecule has 0 saturated heterocycles. The number of rotatable bonds is 12. The van der Waals surface area contributed by atoms with Crippen LogP contribution in [0.4, 0.5) is 5.69 Å². The Labute approximate surface area is 490 Å². The Kier molecular flexibility index (Phi) is 31.5. The summed E-state index contributed by atoms with van der Waals surface area (Å²) in [6.07, 6.45) is 21.2. The molecule has 7 heteroatoms. The number of halogens is 2. The second-order valence-corrected chi connectivity index (χ2v) is 23.0. The number of aromatic nitrogens is 1. The standard InChI is InChI=1S/C21H22Br2O.C13H18O.C10H12.C9H10.C7H7N.C6H8N.C3H6.CH4.Mo/c1-12-17(22)10-13-6-2-4-8-15(13)19(12)20-16-9-5-3-7-14(16)11-18(23)21(20)24;1-2-3-11-14-12-7-10-13-8-5-4-6-9-13;1-10(2,3)9-7-5-4-6-8-9;1-2-6-9-7-4-3-5-8-9;1-6-4-2-3-5-7(6)8;1-5-3-4-6(2)7-5;1-3-2;;/h10-11,24H,2-9H2,1H3;4-9,12H,2-3,10-11H2,1H3;1,4-8H,2-3H3;2-5,7-8H,1,6H2;2-5H,1H3;3-4H,1-2H3;3H,1H2,2H3;1H4;/q;;;;;-1;;;/b;12-7-;;;;;;;. The Hall–Kier alpha value is -5.26. The first kappa shape index (κ1) is 66.0. The molecule has 0 spiro atoms. The first-order chi connectivity index (χ1) is 36.7. The molecule has 4 nitrogen and oxygen atoms in total. The van der Waals surface area contributed by atoms with E-state index in [1.807, 2.05) is 69.5 Å². The van der Waals surface area contributed by atoms with Crippen molar-refractivity contribution >= 4 is 41.9 Å². The van der Waals surface area contributed by atoms with Crippen molar-refractivity contribution < 1.29 is 27.8 Å². The third-order valence-electron chi connectivity index (χ3n) is 13.0. The fourth-order valence-electron chi connectivity index (χ4n) is 8.80. The monoisotopic (exact) mass is 1240 g/mol. The van der Waals surface area contributed by atoms with E-state index in [0.717, 1.165) is 78.7 Å². The summed E-state index contributed by atoms with van der Waals surface area (Å²) in [5.41, 5.74) is 18.1. The summed E-state index contributed by atoms with van der Waals surface area (Å²) in [5.74, 6) is 0.421. The average molecular weight is 1240 g/mol. The van der Waals surface area contributed by atoms with E-state index < -0.39 is 17.9 Å². The van der Waals surface area contributed by atoms with Gasteiger partial charge in [0.05, 0.1) is 17.3 Å². The van der Waals surface area contributed by atoms with Gasteiger partial charge < -0.3 is 14.8 Å². The molecule has 0 fully saturated rings. The number of benzene rings is 6. The number of hydrogen-bond donors (Lipinski definition) is 1. The van der Waals surface area contributed by atoms with Gasteiger partial charge in [-0.2, -0.15) is 11.4 Å². The second kappa shape index (κ2) is 36.8. The maximum absolute atomic E-state index is 11.0. The molecule has 6 aromatic carbocycles. The Morgan fingerprint density at radius 3 is 1.69 bits per heavy atom. The van der Waals surface area contributed by atoms with Crippen LogP contribution < -0.4 is 4.98 Å². The molecule has 1 heterocycles. The normalized spacial score (nSPS) is 11.9. The van der Waals surface area contributed by atoms with Gasteiger partial charge in [-0.1, -0.05) is 135 Å². The summed E-state index contributed by atoms with van der Waals surface area (Å²) < 4.78 is 14.5. The summed E-state index contributed by atoms with van der Waals surface area (Å²) >= 11 is 6.89. The molecule has 0 aliphatic heterocycles. The first-order valence-corrected chi connectivity index (χ1v) is 30.6. The number of hydrogen-bond acceptors (Lipinski definition) is 3. The number of phenols is 1. The molecule has 7 aromatic rings. The van der Waals surface area contributed by atoms with Crippen LogP contribution in [0.15, 0.2) is 190 Å². The summed E-state index contributed by atoms with van der Waals surface area (Å²) in [6.45, 7) is 24.7. The molecule has 410 valence electrons. The van der Waals surface area contributed by atoms with Gasteiger partial charge in [0.15, 0.2) is 0 Å². The van der Waals surface area contributed by atoms with Gasteiger partial charge in [-0.3, -0.25) is 0 Å². The molecule has 0 atom stereocenters. The van der Waals surface area contributed by atoms with Gasteiger partial charge in [0.25, 0.3) is 0 Å². The third kappa shape index (κ3) is 22.9. The predicted molar refractivity (Wildman–Crippen MR) is 338 cm³/mol. The maximum atomic E-state index is 11.0. The Morgan fingerprint density at radius 1 is 0.675 bits per heavy atom. The number of phenolic OH excluding ortho intramolecular Hbond substituents is 1. The van der Waals surface area contributed by atoms with Crippen molar-refractivity contribution in [3.8, 4) is 16.9 Å². The molecular weight excluding hydrogens is 1160 g/mol. The Bertz CT molecular complexity index is 2830. The van der Waals surface area contributed by atoms with E-state index in [2.05, 4.69) is 198 Å². The summed E-state index contributed by atoms with van der Waals surface area (Å²) in [7, 11) is 0. The van der Waals surface area contributed by atoms with Gasteiger partial charge >= 0.3 is 123 Å². The molecule has 2 aliphatic carbocycles.